The van der Waals surface area contributed by atoms with Crippen LogP contribution >= 0.6 is 0 Å². The first-order valence-electron chi connectivity index (χ1n) is 14.0. The smallest absolute Gasteiger partial charge is 0.277 e. The highest BCUT2D eigenvalue weighted by atomic mass is 16.5. The van der Waals surface area contributed by atoms with Gasteiger partial charge in [-0.3, -0.25) is 19.3 Å². The molecule has 0 spiro atoms. The molecule has 1 amide bonds. The highest BCUT2D eigenvalue weighted by Crippen LogP contribution is 2.37. The summed E-state index contributed by atoms with van der Waals surface area (Å²) in [4.78, 5) is 29.1. The first-order valence-corrected chi connectivity index (χ1v) is 14.0. The Morgan fingerprint density at radius 2 is 1.52 bits per heavy atom. The number of ether oxygens (including phenoxy) is 2. The molecule has 0 saturated heterocycles. The summed E-state index contributed by atoms with van der Waals surface area (Å²) in [6.07, 6.45) is 5.54. The first-order chi connectivity index (χ1) is 19.7. The Kier molecular flexibility index (Phi) is 7.53. The van der Waals surface area contributed by atoms with E-state index in [4.69, 9.17) is 9.47 Å². The molecule has 1 unspecified atom stereocenters. The van der Waals surface area contributed by atoms with Gasteiger partial charge in [-0.05, 0) is 30.0 Å². The van der Waals surface area contributed by atoms with Gasteiger partial charge in [-0.15, -0.1) is 0 Å². The monoisotopic (exact) mass is 535 g/mol. The number of para-hydroxylation sites is 1. The normalized spacial score (nSPS) is 17.4. The molecular weight excluding hydrogens is 502 g/mol. The number of pyridine rings is 1. The molecule has 3 heterocycles. The third kappa shape index (κ3) is 5.19. The number of rotatable bonds is 4. The number of fused-ring (bicyclic) bond motifs is 5. The van der Waals surface area contributed by atoms with Crippen LogP contribution in [-0.4, -0.2) is 35.3 Å². The van der Waals surface area contributed by atoms with Crippen molar-refractivity contribution in [3.63, 3.8) is 0 Å². The largest absolute Gasteiger partial charge is 0.493 e. The second-order valence-electron chi connectivity index (χ2n) is 10.2. The maximum atomic E-state index is 14.0. The Balaban J connectivity index is 1.52. The van der Waals surface area contributed by atoms with Gasteiger partial charge in [-0.2, -0.15) is 0 Å². The van der Waals surface area contributed by atoms with E-state index in [0.29, 0.717) is 19.8 Å². The molecule has 7 nitrogen and oxygen atoms in total. The number of hydrogen-bond donors (Lipinski definition) is 0. The highest BCUT2D eigenvalue weighted by molar-refractivity contribution is 5.96. The van der Waals surface area contributed by atoms with E-state index in [-0.39, 0.29) is 35.4 Å². The van der Waals surface area contributed by atoms with Gasteiger partial charge in [0.1, 0.15) is 25.1 Å². The molecule has 2 bridgehead atoms. The number of benzene rings is 3. The minimum Gasteiger partial charge on any atom is -0.493 e. The Morgan fingerprint density at radius 1 is 0.800 bits per heavy atom. The first kappa shape index (κ1) is 25.7. The lowest BCUT2D eigenvalue weighted by Gasteiger charge is -2.44. The molecule has 0 saturated carbocycles. The maximum Gasteiger partial charge on any atom is 0.277 e. The second-order valence-corrected chi connectivity index (χ2v) is 10.2. The van der Waals surface area contributed by atoms with Crippen molar-refractivity contribution < 1.29 is 14.3 Å². The molecule has 40 heavy (non-hydrogen) atoms. The van der Waals surface area contributed by atoms with E-state index in [2.05, 4.69) is 23.2 Å². The van der Waals surface area contributed by atoms with Crippen molar-refractivity contribution in [3.05, 3.63) is 130 Å². The second kappa shape index (κ2) is 11.7. The van der Waals surface area contributed by atoms with Gasteiger partial charge in [0.15, 0.2) is 11.4 Å². The third-order valence-corrected chi connectivity index (χ3v) is 7.55. The quantitative estimate of drug-likeness (QED) is 0.344. The van der Waals surface area contributed by atoms with Gasteiger partial charge < -0.3 is 14.4 Å². The summed E-state index contributed by atoms with van der Waals surface area (Å²) in [6.45, 7) is 1.79. The summed E-state index contributed by atoms with van der Waals surface area (Å²) in [7, 11) is 0. The molecule has 7 heteroatoms. The van der Waals surface area contributed by atoms with Crippen molar-refractivity contribution in [2.24, 2.45) is 0 Å². The van der Waals surface area contributed by atoms with Gasteiger partial charge in [0, 0.05) is 24.4 Å². The van der Waals surface area contributed by atoms with Crippen molar-refractivity contribution in [1.29, 1.82) is 0 Å². The summed E-state index contributed by atoms with van der Waals surface area (Å²) in [5.74, 6) is 0.706. The van der Waals surface area contributed by atoms with Crippen LogP contribution < -0.4 is 19.9 Å². The van der Waals surface area contributed by atoms with Crippen molar-refractivity contribution >= 4 is 5.91 Å². The van der Waals surface area contributed by atoms with Gasteiger partial charge in [-0.25, -0.2) is 0 Å². The van der Waals surface area contributed by atoms with Crippen molar-refractivity contribution in [2.75, 3.05) is 24.8 Å². The lowest BCUT2D eigenvalue weighted by atomic mass is 9.97. The van der Waals surface area contributed by atoms with Crippen LogP contribution in [0.2, 0.25) is 0 Å². The summed E-state index contributed by atoms with van der Waals surface area (Å²) in [5.41, 5.74) is 2.92. The molecule has 6 rings (SSSR count). The summed E-state index contributed by atoms with van der Waals surface area (Å²) in [6, 6.07) is 29.2. The van der Waals surface area contributed by atoms with E-state index in [1.165, 1.54) is 6.07 Å². The summed E-state index contributed by atoms with van der Waals surface area (Å²) in [5, 5.41) is 2.14. The average Bonchev–Trinajstić information content (AvgIpc) is 3.00. The lowest BCUT2D eigenvalue weighted by molar-refractivity contribution is 0.0673. The highest BCUT2D eigenvalue weighted by Gasteiger charge is 2.37. The van der Waals surface area contributed by atoms with Crippen LogP contribution in [0.5, 0.6) is 11.5 Å². The number of carbonyl (C=O) groups excluding carboxylic acids is 1. The van der Waals surface area contributed by atoms with Crippen molar-refractivity contribution in [2.45, 2.75) is 38.3 Å². The fourth-order valence-electron chi connectivity index (χ4n) is 5.55. The number of amides is 1. The van der Waals surface area contributed by atoms with Gasteiger partial charge in [-0.1, -0.05) is 91.7 Å². The van der Waals surface area contributed by atoms with Gasteiger partial charge in [0.2, 0.25) is 5.43 Å². The van der Waals surface area contributed by atoms with E-state index in [0.717, 1.165) is 48.1 Å². The zero-order valence-corrected chi connectivity index (χ0v) is 22.4. The predicted molar refractivity (Wildman–Crippen MR) is 154 cm³/mol. The minimum atomic E-state index is -0.310. The molecule has 3 aromatic carbocycles. The standard InChI is InChI=1S/C33H33N3O4/c37-28-19-21-35-31(32(28)40-23-25-13-5-3-6-14-25)33(38)34-20-11-1-2-12-22-39-29-18-10-9-17-27(29)30(36(35)24-34)26-15-7-4-8-16-26/h3-10,13-19,21,30H,1-2,11-12,20,22-24H2. The Hall–Kier alpha value is -4.52. The summed E-state index contributed by atoms with van der Waals surface area (Å²) >= 11 is 0. The zero-order valence-electron chi connectivity index (χ0n) is 22.4. The van der Waals surface area contributed by atoms with E-state index in [1.807, 2.05) is 76.3 Å². The van der Waals surface area contributed by atoms with E-state index < -0.39 is 0 Å². The molecule has 0 aliphatic carbocycles. The van der Waals surface area contributed by atoms with E-state index >= 15 is 0 Å². The van der Waals surface area contributed by atoms with Crippen molar-refractivity contribution in [1.82, 2.24) is 9.58 Å². The third-order valence-electron chi connectivity index (χ3n) is 7.55. The summed E-state index contributed by atoms with van der Waals surface area (Å²) < 4.78 is 14.3. The van der Waals surface area contributed by atoms with Gasteiger partial charge in [0.05, 0.1) is 6.61 Å². The number of nitrogens with zero attached hydrogens (tertiary/aromatic N) is 3. The lowest BCUT2D eigenvalue weighted by Crippen LogP contribution is -2.55. The van der Waals surface area contributed by atoms with Crippen LogP contribution in [-0.2, 0) is 6.61 Å². The van der Waals surface area contributed by atoms with E-state index in [9.17, 15) is 9.59 Å². The van der Waals surface area contributed by atoms with Crippen LogP contribution in [0, 0.1) is 0 Å². The van der Waals surface area contributed by atoms with Crippen LogP contribution in [0.3, 0.4) is 0 Å². The number of hydrogen-bond acceptors (Lipinski definition) is 5. The zero-order chi connectivity index (χ0) is 27.3. The molecule has 1 atom stereocenters. The molecule has 1 aromatic heterocycles. The fourth-order valence-corrected chi connectivity index (χ4v) is 5.55. The average molecular weight is 536 g/mol. The number of carbonyl (C=O) groups is 1. The maximum absolute atomic E-state index is 14.0. The van der Waals surface area contributed by atoms with Crippen LogP contribution in [0.4, 0.5) is 0 Å². The van der Waals surface area contributed by atoms with E-state index in [1.54, 1.807) is 6.20 Å². The van der Waals surface area contributed by atoms with Crippen LogP contribution in [0.25, 0.3) is 0 Å². The molecule has 2 aliphatic heterocycles. The SMILES string of the molecule is O=C1c2c(OCc3ccccc3)c(=O)ccn2N2CN1CCCCCCOc1ccccc1C2c1ccccc1. The Labute approximate surface area is 234 Å². The molecule has 4 aromatic rings. The fraction of sp³-hybridized carbons (Fsp3) is 0.273. The minimum absolute atomic E-state index is 0.0757. The molecule has 204 valence electrons. The van der Waals surface area contributed by atoms with Gasteiger partial charge in [0.25, 0.3) is 5.91 Å². The van der Waals surface area contributed by atoms with Gasteiger partial charge >= 0.3 is 0 Å². The molecule has 0 fully saturated rings. The number of aromatic nitrogens is 1. The molecule has 2 aliphatic rings. The molecule has 0 N–H and O–H groups in total. The van der Waals surface area contributed by atoms with Crippen LogP contribution in [0.15, 0.2) is 102 Å². The Morgan fingerprint density at radius 3 is 2.35 bits per heavy atom. The molecular formula is C33H33N3O4. The topological polar surface area (TPSA) is 64.0 Å². The van der Waals surface area contributed by atoms with Crippen molar-refractivity contribution in [3.8, 4) is 11.5 Å². The predicted octanol–water partition coefficient (Wildman–Crippen LogP) is 5.52. The van der Waals surface area contributed by atoms with Crippen LogP contribution in [0.1, 0.15) is 58.9 Å². The Bertz CT molecular complexity index is 1520. The molecule has 0 radical (unpaired) electrons.